The molecule has 0 unspecified atom stereocenters. The molecule has 1 amide bonds. The van der Waals surface area contributed by atoms with Gasteiger partial charge in [-0.15, -0.1) is 0 Å². The Bertz CT molecular complexity index is 769. The molecule has 0 aliphatic rings. The number of methoxy groups -OCH3 is 1. The molecule has 3 rings (SSSR count). The van der Waals surface area contributed by atoms with Gasteiger partial charge in [-0.25, -0.2) is 4.98 Å². The van der Waals surface area contributed by atoms with E-state index in [0.29, 0.717) is 10.9 Å². The molecular weight excluding hydrogens is 314 g/mol. The Morgan fingerprint density at radius 3 is 2.61 bits per heavy atom. The minimum atomic E-state index is -0.292. The normalized spacial score (nSPS) is 10.3. The number of nitrogens with one attached hydrogen (secondary N) is 2. The van der Waals surface area contributed by atoms with Crippen LogP contribution in [0.25, 0.3) is 10.2 Å². The third kappa shape index (κ3) is 3.89. The molecule has 0 spiro atoms. The van der Waals surface area contributed by atoms with Crippen LogP contribution in [0, 0.1) is 0 Å². The van der Waals surface area contributed by atoms with Crippen molar-refractivity contribution in [2.75, 3.05) is 19.1 Å². The van der Waals surface area contributed by atoms with Crippen molar-refractivity contribution >= 4 is 32.6 Å². The van der Waals surface area contributed by atoms with E-state index in [9.17, 15) is 4.79 Å². The standard InChI is InChI=1S/C16H15N3O3S/c1-21-11-6-8-12(9-7-11)22-10-15(20)18-19-16-17-13-4-2-3-5-14(13)23-16/h2-9H,10H2,1H3,(H,17,19)(H,18,20). The second-order valence-electron chi connectivity index (χ2n) is 4.62. The van der Waals surface area contributed by atoms with Crippen LogP contribution in [0.5, 0.6) is 11.5 Å². The molecule has 0 aliphatic heterocycles. The summed E-state index contributed by atoms with van der Waals surface area (Å²) in [5.74, 6) is 1.04. The summed E-state index contributed by atoms with van der Waals surface area (Å²) < 4.78 is 11.5. The Morgan fingerprint density at radius 1 is 1.13 bits per heavy atom. The van der Waals surface area contributed by atoms with Gasteiger partial charge in [0.2, 0.25) is 5.13 Å². The van der Waals surface area contributed by atoms with E-state index in [2.05, 4.69) is 15.8 Å². The fraction of sp³-hybridized carbons (Fsp3) is 0.125. The van der Waals surface area contributed by atoms with E-state index in [1.54, 1.807) is 31.4 Å². The van der Waals surface area contributed by atoms with E-state index < -0.39 is 0 Å². The zero-order valence-electron chi connectivity index (χ0n) is 12.4. The fourth-order valence-corrected chi connectivity index (χ4v) is 2.72. The monoisotopic (exact) mass is 329 g/mol. The van der Waals surface area contributed by atoms with Gasteiger partial charge in [-0.3, -0.25) is 15.6 Å². The SMILES string of the molecule is COc1ccc(OCC(=O)NNc2nc3ccccc3s2)cc1. The molecule has 0 aliphatic carbocycles. The largest absolute Gasteiger partial charge is 0.497 e. The van der Waals surface area contributed by atoms with Gasteiger partial charge < -0.3 is 9.47 Å². The summed E-state index contributed by atoms with van der Waals surface area (Å²) in [6.45, 7) is -0.0930. The van der Waals surface area contributed by atoms with E-state index >= 15 is 0 Å². The highest BCUT2D eigenvalue weighted by Gasteiger charge is 2.06. The Hall–Kier alpha value is -2.80. The maximum absolute atomic E-state index is 11.8. The number of hydrogen-bond donors (Lipinski definition) is 2. The molecule has 3 aromatic rings. The van der Waals surface area contributed by atoms with Gasteiger partial charge in [0.05, 0.1) is 17.3 Å². The lowest BCUT2D eigenvalue weighted by Crippen LogP contribution is -2.33. The summed E-state index contributed by atoms with van der Waals surface area (Å²) >= 11 is 1.47. The molecule has 7 heteroatoms. The van der Waals surface area contributed by atoms with Crippen LogP contribution in [0.15, 0.2) is 48.5 Å². The number of nitrogens with zero attached hydrogens (tertiary/aromatic N) is 1. The van der Waals surface area contributed by atoms with Gasteiger partial charge in [-0.2, -0.15) is 0 Å². The summed E-state index contributed by atoms with van der Waals surface area (Å²) in [6, 6.07) is 14.8. The van der Waals surface area contributed by atoms with Crippen LogP contribution < -0.4 is 20.3 Å². The number of hydrogen-bond acceptors (Lipinski definition) is 6. The highest BCUT2D eigenvalue weighted by molar-refractivity contribution is 7.22. The average molecular weight is 329 g/mol. The van der Waals surface area contributed by atoms with Gasteiger partial charge in [0.1, 0.15) is 11.5 Å². The maximum atomic E-state index is 11.8. The van der Waals surface area contributed by atoms with Gasteiger partial charge >= 0.3 is 0 Å². The molecule has 0 saturated carbocycles. The van der Waals surface area contributed by atoms with Crippen LogP contribution in [0.4, 0.5) is 5.13 Å². The van der Waals surface area contributed by atoms with Gasteiger partial charge in [0.25, 0.3) is 5.91 Å². The summed E-state index contributed by atoms with van der Waals surface area (Å²) in [6.07, 6.45) is 0. The van der Waals surface area contributed by atoms with Crippen LogP contribution in [-0.4, -0.2) is 24.6 Å². The minimum absolute atomic E-state index is 0.0930. The number of benzene rings is 2. The number of ether oxygens (including phenoxy) is 2. The van der Waals surface area contributed by atoms with E-state index in [1.807, 2.05) is 24.3 Å². The summed E-state index contributed by atoms with van der Waals surface area (Å²) in [7, 11) is 1.59. The Morgan fingerprint density at radius 2 is 1.87 bits per heavy atom. The van der Waals surface area contributed by atoms with Gasteiger partial charge in [0, 0.05) is 0 Å². The number of anilines is 1. The smallest absolute Gasteiger partial charge is 0.276 e. The number of carbonyl (C=O) groups is 1. The second-order valence-corrected chi connectivity index (χ2v) is 5.65. The molecule has 0 saturated heterocycles. The lowest BCUT2D eigenvalue weighted by Gasteiger charge is -2.08. The number of para-hydroxylation sites is 1. The summed E-state index contributed by atoms with van der Waals surface area (Å²) in [5.41, 5.74) is 6.25. The van der Waals surface area contributed by atoms with Crippen molar-refractivity contribution in [3.05, 3.63) is 48.5 Å². The Labute approximate surface area is 137 Å². The molecule has 1 heterocycles. The van der Waals surface area contributed by atoms with E-state index in [0.717, 1.165) is 16.0 Å². The molecule has 23 heavy (non-hydrogen) atoms. The number of thiazole rings is 1. The van der Waals surface area contributed by atoms with Crippen LogP contribution in [0.2, 0.25) is 0 Å². The lowest BCUT2D eigenvalue weighted by molar-refractivity contribution is -0.122. The van der Waals surface area contributed by atoms with Crippen molar-refractivity contribution in [2.45, 2.75) is 0 Å². The van der Waals surface area contributed by atoms with Crippen molar-refractivity contribution in [2.24, 2.45) is 0 Å². The molecule has 0 atom stereocenters. The molecule has 6 nitrogen and oxygen atoms in total. The molecule has 2 N–H and O–H groups in total. The second kappa shape index (κ2) is 6.97. The molecule has 0 bridgehead atoms. The zero-order valence-corrected chi connectivity index (χ0v) is 13.2. The topological polar surface area (TPSA) is 72.5 Å². The molecular formula is C16H15N3O3S. The van der Waals surface area contributed by atoms with E-state index in [1.165, 1.54) is 11.3 Å². The summed E-state index contributed by atoms with van der Waals surface area (Å²) in [5, 5.41) is 0.629. The van der Waals surface area contributed by atoms with Crippen molar-refractivity contribution in [1.82, 2.24) is 10.4 Å². The van der Waals surface area contributed by atoms with Crippen LogP contribution >= 0.6 is 11.3 Å². The van der Waals surface area contributed by atoms with Crippen LogP contribution in [0.3, 0.4) is 0 Å². The Balaban J connectivity index is 1.49. The van der Waals surface area contributed by atoms with Crippen molar-refractivity contribution in [3.8, 4) is 11.5 Å². The van der Waals surface area contributed by atoms with Crippen molar-refractivity contribution < 1.29 is 14.3 Å². The highest BCUT2D eigenvalue weighted by Crippen LogP contribution is 2.24. The fourth-order valence-electron chi connectivity index (χ4n) is 1.91. The number of aromatic nitrogens is 1. The van der Waals surface area contributed by atoms with Crippen molar-refractivity contribution in [1.29, 1.82) is 0 Å². The predicted molar refractivity (Wildman–Crippen MR) is 89.9 cm³/mol. The number of carbonyl (C=O) groups excluding carboxylic acids is 1. The molecule has 0 radical (unpaired) electrons. The minimum Gasteiger partial charge on any atom is -0.497 e. The van der Waals surface area contributed by atoms with Crippen molar-refractivity contribution in [3.63, 3.8) is 0 Å². The number of hydrazine groups is 1. The van der Waals surface area contributed by atoms with Gasteiger partial charge in [0.15, 0.2) is 6.61 Å². The molecule has 0 fully saturated rings. The quantitative estimate of drug-likeness (QED) is 0.680. The molecule has 1 aromatic heterocycles. The van der Waals surface area contributed by atoms with E-state index in [4.69, 9.17) is 9.47 Å². The van der Waals surface area contributed by atoms with E-state index in [-0.39, 0.29) is 12.5 Å². The lowest BCUT2D eigenvalue weighted by atomic mass is 10.3. The highest BCUT2D eigenvalue weighted by atomic mass is 32.1. The molecule has 2 aromatic carbocycles. The first-order chi connectivity index (χ1) is 11.2. The number of amides is 1. The maximum Gasteiger partial charge on any atom is 0.276 e. The van der Waals surface area contributed by atoms with Gasteiger partial charge in [-0.05, 0) is 36.4 Å². The third-order valence-corrected chi connectivity index (χ3v) is 3.98. The van der Waals surface area contributed by atoms with Crippen LogP contribution in [-0.2, 0) is 4.79 Å². The first kappa shape index (κ1) is 15.1. The predicted octanol–water partition coefficient (Wildman–Crippen LogP) is 2.83. The number of fused-ring (bicyclic) bond motifs is 1. The van der Waals surface area contributed by atoms with Gasteiger partial charge in [-0.1, -0.05) is 23.5 Å². The third-order valence-electron chi connectivity index (χ3n) is 3.03. The number of rotatable bonds is 6. The summed E-state index contributed by atoms with van der Waals surface area (Å²) in [4.78, 5) is 16.1. The zero-order chi connectivity index (χ0) is 16.1. The van der Waals surface area contributed by atoms with Crippen LogP contribution in [0.1, 0.15) is 0 Å². The first-order valence-corrected chi connectivity index (χ1v) is 7.73. The molecule has 118 valence electrons. The Kier molecular flexibility index (Phi) is 4.58. The first-order valence-electron chi connectivity index (χ1n) is 6.92. The average Bonchev–Trinajstić information content (AvgIpc) is 3.01.